The summed E-state index contributed by atoms with van der Waals surface area (Å²) < 4.78 is 19.3. The normalized spacial score (nSPS) is 18.9. The van der Waals surface area contributed by atoms with Gasteiger partial charge in [-0.1, -0.05) is 35.3 Å². The van der Waals surface area contributed by atoms with Crippen LogP contribution in [-0.2, 0) is 16.2 Å². The summed E-state index contributed by atoms with van der Waals surface area (Å²) in [5.74, 6) is -0.395. The minimum absolute atomic E-state index is 0.0710. The van der Waals surface area contributed by atoms with Gasteiger partial charge in [0.1, 0.15) is 12.4 Å². The van der Waals surface area contributed by atoms with Crippen LogP contribution in [0.4, 0.5) is 4.39 Å². The van der Waals surface area contributed by atoms with Gasteiger partial charge in [-0.05, 0) is 61.1 Å². The van der Waals surface area contributed by atoms with Crippen molar-refractivity contribution >= 4 is 34.8 Å². The third-order valence-electron chi connectivity index (χ3n) is 6.87. The van der Waals surface area contributed by atoms with Crippen LogP contribution in [0.5, 0.6) is 5.75 Å². The van der Waals surface area contributed by atoms with Crippen molar-refractivity contribution in [1.82, 2.24) is 4.90 Å². The number of hydrogen-bond acceptors (Lipinski definition) is 4. The summed E-state index contributed by atoms with van der Waals surface area (Å²) in [6, 6.07) is 9.60. The van der Waals surface area contributed by atoms with E-state index < -0.39 is 5.92 Å². The maximum Gasteiger partial charge on any atom is 0.161 e. The Labute approximate surface area is 208 Å². The first-order valence-electron chi connectivity index (χ1n) is 11.5. The molecule has 0 spiro atoms. The molecule has 0 saturated heterocycles. The number of benzene rings is 2. The summed E-state index contributed by atoms with van der Waals surface area (Å²) in [6.45, 7) is 0.104. The largest absolute Gasteiger partial charge is 0.486 e. The van der Waals surface area contributed by atoms with Crippen molar-refractivity contribution in [2.24, 2.45) is 0 Å². The van der Waals surface area contributed by atoms with Gasteiger partial charge in [0.05, 0.1) is 10.0 Å². The molecule has 0 fully saturated rings. The number of hydrogen-bond donors (Lipinski definition) is 0. The topological polar surface area (TPSA) is 46.6 Å². The van der Waals surface area contributed by atoms with Crippen LogP contribution in [0.25, 0.3) is 0 Å². The van der Waals surface area contributed by atoms with E-state index in [2.05, 4.69) is 4.90 Å². The smallest absolute Gasteiger partial charge is 0.161 e. The lowest BCUT2D eigenvalue weighted by atomic mass is 9.71. The first kappa shape index (κ1) is 23.1. The minimum Gasteiger partial charge on any atom is -0.486 e. The van der Waals surface area contributed by atoms with Crippen LogP contribution in [0.3, 0.4) is 0 Å². The van der Waals surface area contributed by atoms with Crippen LogP contribution < -0.4 is 4.74 Å². The van der Waals surface area contributed by atoms with Gasteiger partial charge < -0.3 is 9.64 Å². The van der Waals surface area contributed by atoms with Gasteiger partial charge in [0.25, 0.3) is 0 Å². The maximum absolute atomic E-state index is 13.5. The number of rotatable bonds is 4. The Hall–Kier alpha value is -2.63. The molecule has 7 heteroatoms. The molecule has 1 heterocycles. The van der Waals surface area contributed by atoms with Gasteiger partial charge in [-0.3, -0.25) is 9.59 Å². The average molecular weight is 500 g/mol. The third kappa shape index (κ3) is 4.05. The van der Waals surface area contributed by atoms with E-state index in [1.807, 2.05) is 7.05 Å². The van der Waals surface area contributed by atoms with Gasteiger partial charge in [-0.2, -0.15) is 0 Å². The zero-order valence-corrected chi connectivity index (χ0v) is 20.3. The van der Waals surface area contributed by atoms with E-state index in [1.165, 1.54) is 12.1 Å². The molecule has 0 aromatic heterocycles. The average Bonchev–Trinajstić information content (AvgIpc) is 2.80. The van der Waals surface area contributed by atoms with Crippen LogP contribution in [0.15, 0.2) is 58.9 Å². The number of ether oxygens (including phenoxy) is 1. The fraction of sp³-hybridized carbons (Fsp3) is 0.333. The molecule has 0 unspecified atom stereocenters. The van der Waals surface area contributed by atoms with Crippen molar-refractivity contribution in [2.45, 2.75) is 51.0 Å². The molecule has 1 aliphatic heterocycles. The zero-order chi connectivity index (χ0) is 24.0. The van der Waals surface area contributed by atoms with Gasteiger partial charge in [0, 0.05) is 48.3 Å². The molecule has 2 aromatic carbocycles. The molecule has 4 nitrogen and oxygen atoms in total. The second-order valence-corrected chi connectivity index (χ2v) is 9.81. The summed E-state index contributed by atoms with van der Waals surface area (Å²) >= 11 is 13.2. The lowest BCUT2D eigenvalue weighted by Crippen LogP contribution is -2.37. The van der Waals surface area contributed by atoms with E-state index in [9.17, 15) is 14.0 Å². The van der Waals surface area contributed by atoms with E-state index in [-0.39, 0.29) is 39.8 Å². The number of Topliss-reactive ketones (excluding diaryl/α,β-unsaturated/α-hetero) is 2. The molecule has 176 valence electrons. The highest BCUT2D eigenvalue weighted by Gasteiger charge is 2.42. The van der Waals surface area contributed by atoms with Gasteiger partial charge in [-0.15, -0.1) is 0 Å². The molecule has 0 radical (unpaired) electrons. The highest BCUT2D eigenvalue weighted by Crippen LogP contribution is 2.50. The van der Waals surface area contributed by atoms with Crippen LogP contribution in [0.2, 0.25) is 10.0 Å². The van der Waals surface area contributed by atoms with Crippen LogP contribution in [0, 0.1) is 5.82 Å². The van der Waals surface area contributed by atoms with E-state index >= 15 is 0 Å². The van der Waals surface area contributed by atoms with Crippen LogP contribution >= 0.6 is 23.2 Å². The molecule has 3 aliphatic rings. The second kappa shape index (κ2) is 9.20. The van der Waals surface area contributed by atoms with Crippen LogP contribution in [0.1, 0.15) is 55.6 Å². The molecular formula is C27H24Cl2FNO3. The van der Waals surface area contributed by atoms with E-state index in [0.717, 1.165) is 37.1 Å². The standard InChI is InChI=1S/C27H24Cl2FNO3/c1-31-20-7-3-9-22(32)25(20)24(26-21(31)8-4-10-23(26)33)16-12-18(28)27(19(29)13-16)34-14-15-5-2-6-17(30)11-15/h2,5-6,11-13,24H,3-4,7-10,14H2,1H3. The fourth-order valence-corrected chi connectivity index (χ4v) is 5.97. The number of carbonyl (C=O) groups excluding carboxylic acids is 2. The van der Waals surface area contributed by atoms with Crippen molar-refractivity contribution in [3.05, 3.63) is 85.9 Å². The number of nitrogens with zero attached hydrogens (tertiary/aromatic N) is 1. The maximum atomic E-state index is 13.5. The molecule has 2 aliphatic carbocycles. The van der Waals surface area contributed by atoms with Crippen molar-refractivity contribution < 1.29 is 18.7 Å². The molecule has 0 atom stereocenters. The number of halogens is 3. The molecule has 0 bridgehead atoms. The number of allylic oxidation sites excluding steroid dienone is 4. The zero-order valence-electron chi connectivity index (χ0n) is 18.8. The van der Waals surface area contributed by atoms with Gasteiger partial charge >= 0.3 is 0 Å². The quantitative estimate of drug-likeness (QED) is 0.466. The molecule has 5 rings (SSSR count). The SMILES string of the molecule is CN1C2=C(C(=O)CCC2)C(c2cc(Cl)c(OCc3cccc(F)c3)c(Cl)c2)C2=C1CCCC2=O. The molecule has 0 amide bonds. The third-order valence-corrected chi connectivity index (χ3v) is 7.43. The summed E-state index contributed by atoms with van der Waals surface area (Å²) in [6.07, 6.45) is 4.15. The molecule has 34 heavy (non-hydrogen) atoms. The summed E-state index contributed by atoms with van der Waals surface area (Å²) in [5.41, 5.74) is 4.72. The summed E-state index contributed by atoms with van der Waals surface area (Å²) in [5, 5.41) is 0.572. The van der Waals surface area contributed by atoms with Gasteiger partial charge in [-0.25, -0.2) is 4.39 Å². The first-order valence-corrected chi connectivity index (χ1v) is 12.2. The molecule has 0 N–H and O–H groups in total. The Balaban J connectivity index is 1.56. The number of carbonyl (C=O) groups is 2. The fourth-order valence-electron chi connectivity index (χ4n) is 5.35. The molecule has 2 aromatic rings. The Morgan fingerprint density at radius 1 is 0.941 bits per heavy atom. The predicted molar refractivity (Wildman–Crippen MR) is 129 cm³/mol. The van der Waals surface area contributed by atoms with Crippen molar-refractivity contribution in [2.75, 3.05) is 7.05 Å². The lowest BCUT2D eigenvalue weighted by Gasteiger charge is -2.42. The predicted octanol–water partition coefficient (Wildman–Crippen LogP) is 6.75. The Morgan fingerprint density at radius 3 is 2.09 bits per heavy atom. The Kier molecular flexibility index (Phi) is 6.26. The Morgan fingerprint density at radius 2 is 1.53 bits per heavy atom. The highest BCUT2D eigenvalue weighted by molar-refractivity contribution is 6.37. The summed E-state index contributed by atoms with van der Waals surface area (Å²) in [7, 11) is 1.96. The minimum atomic E-state index is -0.478. The highest BCUT2D eigenvalue weighted by atomic mass is 35.5. The van der Waals surface area contributed by atoms with Gasteiger partial charge in [0.15, 0.2) is 17.3 Å². The Bertz CT molecular complexity index is 1200. The van der Waals surface area contributed by atoms with Gasteiger partial charge in [0.2, 0.25) is 0 Å². The number of ketones is 2. The van der Waals surface area contributed by atoms with E-state index in [0.29, 0.717) is 35.1 Å². The van der Waals surface area contributed by atoms with E-state index in [1.54, 1.807) is 24.3 Å². The van der Waals surface area contributed by atoms with Crippen LogP contribution in [-0.4, -0.2) is 23.5 Å². The second-order valence-electron chi connectivity index (χ2n) is 9.00. The van der Waals surface area contributed by atoms with Crippen molar-refractivity contribution in [3.63, 3.8) is 0 Å². The first-order chi connectivity index (χ1) is 16.3. The summed E-state index contributed by atoms with van der Waals surface area (Å²) in [4.78, 5) is 28.3. The van der Waals surface area contributed by atoms with E-state index in [4.69, 9.17) is 27.9 Å². The lowest BCUT2D eigenvalue weighted by molar-refractivity contribution is -0.117. The van der Waals surface area contributed by atoms with Crippen molar-refractivity contribution in [3.8, 4) is 5.75 Å². The molecular weight excluding hydrogens is 476 g/mol. The molecule has 0 saturated carbocycles. The monoisotopic (exact) mass is 499 g/mol. The van der Waals surface area contributed by atoms with Crippen molar-refractivity contribution in [1.29, 1.82) is 0 Å².